The molecule has 21 heavy (non-hydrogen) atoms. The first-order valence-corrected chi connectivity index (χ1v) is 7.21. The second-order valence-corrected chi connectivity index (χ2v) is 5.00. The highest BCUT2D eigenvalue weighted by molar-refractivity contribution is 5.62. The summed E-state index contributed by atoms with van der Waals surface area (Å²) in [6, 6.07) is 12.5. The first kappa shape index (κ1) is 13.6. The molecule has 0 spiro atoms. The van der Waals surface area contributed by atoms with E-state index in [0.717, 1.165) is 30.0 Å². The largest absolute Gasteiger partial charge is 0.468 e. The minimum atomic E-state index is 0.715. The van der Waals surface area contributed by atoms with Gasteiger partial charge in [0.15, 0.2) is 0 Å². The third-order valence-electron chi connectivity index (χ3n) is 3.56. The van der Waals surface area contributed by atoms with Crippen LogP contribution in [-0.2, 0) is 19.5 Å². The van der Waals surface area contributed by atoms with Crippen molar-refractivity contribution in [3.8, 4) is 11.3 Å². The summed E-state index contributed by atoms with van der Waals surface area (Å²) in [7, 11) is 0. The Bertz CT molecular complexity index is 668. The van der Waals surface area contributed by atoms with Crippen LogP contribution >= 0.6 is 0 Å². The lowest BCUT2D eigenvalue weighted by Crippen LogP contribution is -2.12. The van der Waals surface area contributed by atoms with Gasteiger partial charge in [-0.15, -0.1) is 0 Å². The molecule has 0 atom stereocenters. The van der Waals surface area contributed by atoms with Crippen LogP contribution in [0.3, 0.4) is 0 Å². The number of hydrogen-bond donors (Lipinski definition) is 2. The van der Waals surface area contributed by atoms with Crippen LogP contribution in [0.15, 0.2) is 53.3 Å². The topological polar surface area (TPSA) is 53.9 Å². The van der Waals surface area contributed by atoms with Gasteiger partial charge in [0.05, 0.1) is 24.7 Å². The van der Waals surface area contributed by atoms with E-state index in [1.54, 1.807) is 6.26 Å². The summed E-state index contributed by atoms with van der Waals surface area (Å²) in [6.45, 7) is 3.63. The lowest BCUT2D eigenvalue weighted by atomic mass is 10.1. The summed E-state index contributed by atoms with van der Waals surface area (Å²) in [5.74, 6) is 0.937. The van der Waals surface area contributed by atoms with Crippen LogP contribution in [0.2, 0.25) is 0 Å². The van der Waals surface area contributed by atoms with Gasteiger partial charge in [-0.25, -0.2) is 0 Å². The monoisotopic (exact) mass is 281 g/mol. The van der Waals surface area contributed by atoms with Crippen molar-refractivity contribution in [2.24, 2.45) is 0 Å². The summed E-state index contributed by atoms with van der Waals surface area (Å²) in [6.07, 6.45) is 4.62. The van der Waals surface area contributed by atoms with Crippen LogP contribution in [-0.4, -0.2) is 10.2 Å². The number of aromatic nitrogens is 2. The van der Waals surface area contributed by atoms with Crippen molar-refractivity contribution in [1.82, 2.24) is 15.5 Å². The molecular formula is C17H19N3O. The van der Waals surface area contributed by atoms with Crippen molar-refractivity contribution < 1.29 is 4.42 Å². The molecule has 2 N–H and O–H groups in total. The van der Waals surface area contributed by atoms with Crippen LogP contribution in [0.4, 0.5) is 0 Å². The summed E-state index contributed by atoms with van der Waals surface area (Å²) in [5.41, 5.74) is 4.74. The predicted molar refractivity (Wildman–Crippen MR) is 82.7 cm³/mol. The standard InChI is InChI=1S/C17H19N3O/c1-2-13-5-7-14(8-6-13)17-15(11-19-20-17)10-18-12-16-4-3-9-21-16/h3-9,11,18H,2,10,12H2,1H3,(H,19,20). The third kappa shape index (κ3) is 3.23. The molecule has 0 aliphatic rings. The number of aryl methyl sites for hydroxylation is 1. The predicted octanol–water partition coefficient (Wildman–Crippen LogP) is 3.52. The molecule has 0 aliphatic carbocycles. The highest BCUT2D eigenvalue weighted by atomic mass is 16.3. The maximum atomic E-state index is 5.31. The van der Waals surface area contributed by atoms with Gasteiger partial charge in [-0.05, 0) is 29.7 Å². The Labute approximate surface area is 124 Å². The van der Waals surface area contributed by atoms with Crippen LogP contribution < -0.4 is 5.32 Å². The van der Waals surface area contributed by atoms with E-state index < -0.39 is 0 Å². The molecule has 3 aromatic rings. The molecule has 108 valence electrons. The fraction of sp³-hybridized carbons (Fsp3) is 0.235. The zero-order valence-electron chi connectivity index (χ0n) is 12.1. The molecular weight excluding hydrogens is 262 g/mol. The van der Waals surface area contributed by atoms with E-state index in [2.05, 4.69) is 46.7 Å². The Morgan fingerprint density at radius 1 is 1.14 bits per heavy atom. The van der Waals surface area contributed by atoms with Gasteiger partial charge in [-0.1, -0.05) is 31.2 Å². The lowest BCUT2D eigenvalue weighted by Gasteiger charge is -2.05. The van der Waals surface area contributed by atoms with Crippen molar-refractivity contribution in [2.75, 3.05) is 0 Å². The number of aromatic amines is 1. The van der Waals surface area contributed by atoms with Gasteiger partial charge in [0.2, 0.25) is 0 Å². The molecule has 0 saturated heterocycles. The molecule has 0 aliphatic heterocycles. The second kappa shape index (κ2) is 6.41. The summed E-state index contributed by atoms with van der Waals surface area (Å²) >= 11 is 0. The van der Waals surface area contributed by atoms with Crippen molar-refractivity contribution in [3.05, 3.63) is 65.7 Å². The Kier molecular flexibility index (Phi) is 4.17. The SMILES string of the molecule is CCc1ccc(-c2[nH]ncc2CNCc2ccco2)cc1. The average Bonchev–Trinajstić information content (AvgIpc) is 3.19. The zero-order chi connectivity index (χ0) is 14.5. The molecule has 0 radical (unpaired) electrons. The Balaban J connectivity index is 1.68. The first-order valence-electron chi connectivity index (χ1n) is 7.21. The van der Waals surface area contributed by atoms with Gasteiger partial charge in [-0.3, -0.25) is 5.10 Å². The van der Waals surface area contributed by atoms with Crippen molar-refractivity contribution >= 4 is 0 Å². The van der Waals surface area contributed by atoms with E-state index in [-0.39, 0.29) is 0 Å². The van der Waals surface area contributed by atoms with E-state index in [1.807, 2.05) is 18.3 Å². The molecule has 4 nitrogen and oxygen atoms in total. The molecule has 0 fully saturated rings. The number of nitrogens with one attached hydrogen (secondary N) is 2. The Hall–Kier alpha value is -2.33. The minimum Gasteiger partial charge on any atom is -0.468 e. The molecule has 3 rings (SSSR count). The molecule has 0 amide bonds. The van der Waals surface area contributed by atoms with Gasteiger partial charge in [0.25, 0.3) is 0 Å². The van der Waals surface area contributed by atoms with E-state index in [4.69, 9.17) is 4.42 Å². The molecule has 0 saturated carbocycles. The van der Waals surface area contributed by atoms with Crippen molar-refractivity contribution in [2.45, 2.75) is 26.4 Å². The maximum absolute atomic E-state index is 5.31. The van der Waals surface area contributed by atoms with Gasteiger partial charge >= 0.3 is 0 Å². The summed E-state index contributed by atoms with van der Waals surface area (Å²) in [4.78, 5) is 0. The maximum Gasteiger partial charge on any atom is 0.117 e. The number of H-pyrrole nitrogens is 1. The quantitative estimate of drug-likeness (QED) is 0.727. The van der Waals surface area contributed by atoms with E-state index in [1.165, 1.54) is 11.1 Å². The Morgan fingerprint density at radius 3 is 2.71 bits per heavy atom. The van der Waals surface area contributed by atoms with Crippen molar-refractivity contribution in [1.29, 1.82) is 0 Å². The van der Waals surface area contributed by atoms with Crippen LogP contribution in [0.1, 0.15) is 23.8 Å². The van der Waals surface area contributed by atoms with E-state index in [0.29, 0.717) is 6.54 Å². The van der Waals surface area contributed by atoms with Gasteiger partial charge in [0.1, 0.15) is 5.76 Å². The Morgan fingerprint density at radius 2 is 2.00 bits per heavy atom. The van der Waals surface area contributed by atoms with Crippen molar-refractivity contribution in [3.63, 3.8) is 0 Å². The number of rotatable bonds is 6. The van der Waals surface area contributed by atoms with Gasteiger partial charge < -0.3 is 9.73 Å². The average molecular weight is 281 g/mol. The fourth-order valence-electron chi connectivity index (χ4n) is 2.34. The second-order valence-electron chi connectivity index (χ2n) is 5.00. The molecule has 1 aromatic carbocycles. The highest BCUT2D eigenvalue weighted by Crippen LogP contribution is 2.21. The normalized spacial score (nSPS) is 10.9. The van der Waals surface area contributed by atoms with E-state index in [9.17, 15) is 0 Å². The van der Waals surface area contributed by atoms with Crippen LogP contribution in [0.25, 0.3) is 11.3 Å². The highest BCUT2D eigenvalue weighted by Gasteiger charge is 2.07. The molecule has 2 aromatic heterocycles. The van der Waals surface area contributed by atoms with Crippen LogP contribution in [0, 0.1) is 0 Å². The van der Waals surface area contributed by atoms with Gasteiger partial charge in [-0.2, -0.15) is 5.10 Å². The summed E-state index contributed by atoms with van der Waals surface area (Å²) < 4.78 is 5.31. The van der Waals surface area contributed by atoms with Gasteiger partial charge in [0, 0.05) is 12.1 Å². The smallest absolute Gasteiger partial charge is 0.117 e. The number of nitrogens with zero attached hydrogens (tertiary/aromatic N) is 1. The molecule has 4 heteroatoms. The zero-order valence-corrected chi connectivity index (χ0v) is 12.1. The van der Waals surface area contributed by atoms with Crippen LogP contribution in [0.5, 0.6) is 0 Å². The third-order valence-corrected chi connectivity index (χ3v) is 3.56. The number of furan rings is 1. The van der Waals surface area contributed by atoms with E-state index >= 15 is 0 Å². The lowest BCUT2D eigenvalue weighted by molar-refractivity contribution is 0.483. The minimum absolute atomic E-state index is 0.715. The fourth-order valence-corrected chi connectivity index (χ4v) is 2.34. The molecule has 2 heterocycles. The number of hydrogen-bond acceptors (Lipinski definition) is 3. The number of benzene rings is 1. The summed E-state index contributed by atoms with van der Waals surface area (Å²) in [5, 5.41) is 10.6. The molecule has 0 bridgehead atoms. The first-order chi connectivity index (χ1) is 10.4. The molecule has 0 unspecified atom stereocenters.